The van der Waals surface area contributed by atoms with Gasteiger partial charge in [-0.25, -0.2) is 0 Å². The van der Waals surface area contributed by atoms with Gasteiger partial charge in [0, 0.05) is 37.9 Å². The Morgan fingerprint density at radius 2 is 1.54 bits per heavy atom. The average Bonchev–Trinajstić information content (AvgIpc) is 2.77. The molecule has 7 heteroatoms. The number of methoxy groups -OCH3 is 2. The van der Waals surface area contributed by atoms with Crippen molar-refractivity contribution in [3.05, 3.63) is 42.0 Å². The van der Waals surface area contributed by atoms with Gasteiger partial charge in [0.25, 0.3) is 5.91 Å². The van der Waals surface area contributed by atoms with Crippen LogP contribution in [0.25, 0.3) is 0 Å². The van der Waals surface area contributed by atoms with Gasteiger partial charge < -0.3 is 28.7 Å². The summed E-state index contributed by atoms with van der Waals surface area (Å²) in [4.78, 5) is 17.2. The number of nitrogens with zero attached hydrogens (tertiary/aromatic N) is 2. The van der Waals surface area contributed by atoms with Crippen molar-refractivity contribution >= 4 is 11.6 Å². The number of hydrogen-bond acceptors (Lipinski definition) is 6. The highest BCUT2D eigenvalue weighted by Crippen LogP contribution is 2.35. The third-order valence-electron chi connectivity index (χ3n) is 5.10. The van der Waals surface area contributed by atoms with Crippen LogP contribution in [0.2, 0.25) is 0 Å². The quantitative estimate of drug-likeness (QED) is 0.807. The number of carbonyl (C=O) groups excluding carboxylic acids is 1. The van der Waals surface area contributed by atoms with Gasteiger partial charge in [0.2, 0.25) is 0 Å². The molecule has 0 spiro atoms. The first-order valence-electron chi connectivity index (χ1n) is 9.36. The predicted molar refractivity (Wildman–Crippen MR) is 105 cm³/mol. The molecular weight excluding hydrogens is 360 g/mol. The van der Waals surface area contributed by atoms with Crippen LogP contribution < -0.4 is 23.8 Å². The summed E-state index contributed by atoms with van der Waals surface area (Å²) >= 11 is 0. The molecule has 0 aromatic heterocycles. The van der Waals surface area contributed by atoms with Crippen LogP contribution in [-0.4, -0.2) is 64.4 Å². The molecule has 2 aromatic carbocycles. The van der Waals surface area contributed by atoms with E-state index in [0.717, 1.165) is 30.3 Å². The first-order chi connectivity index (χ1) is 13.7. The molecule has 0 atom stereocenters. The third-order valence-corrected chi connectivity index (χ3v) is 5.10. The number of anilines is 1. The minimum absolute atomic E-state index is 0.0730. The summed E-state index contributed by atoms with van der Waals surface area (Å²) in [5, 5.41) is 0. The molecule has 4 rings (SSSR count). The molecule has 0 radical (unpaired) electrons. The van der Waals surface area contributed by atoms with Gasteiger partial charge in [-0.3, -0.25) is 4.79 Å². The van der Waals surface area contributed by atoms with Gasteiger partial charge >= 0.3 is 0 Å². The fourth-order valence-corrected chi connectivity index (χ4v) is 3.62. The molecule has 2 aliphatic rings. The first kappa shape index (κ1) is 18.3. The molecule has 1 amide bonds. The Kier molecular flexibility index (Phi) is 5.14. The van der Waals surface area contributed by atoms with Crippen LogP contribution in [0.3, 0.4) is 0 Å². The monoisotopic (exact) mass is 384 g/mol. The number of hydrogen-bond donors (Lipinski definition) is 0. The predicted octanol–water partition coefficient (Wildman–Crippen LogP) is 2.44. The normalized spacial score (nSPS) is 15.9. The maximum atomic E-state index is 13.1. The van der Waals surface area contributed by atoms with Gasteiger partial charge in [0.05, 0.1) is 14.2 Å². The molecule has 0 N–H and O–H groups in total. The first-order valence-corrected chi connectivity index (χ1v) is 9.36. The standard InChI is InChI=1S/C21H24N2O5/c1-25-17-4-3-5-18(26-2)20(17)21(24)23-10-8-22(9-11-23)15-6-7-16-19(14-15)28-13-12-27-16/h3-7,14H,8-13H2,1-2H3. The number of rotatable bonds is 4. The zero-order valence-corrected chi connectivity index (χ0v) is 16.1. The molecule has 7 nitrogen and oxygen atoms in total. The van der Waals surface area contributed by atoms with Crippen LogP contribution in [0.1, 0.15) is 10.4 Å². The molecule has 2 aliphatic heterocycles. The van der Waals surface area contributed by atoms with Gasteiger partial charge in [-0.15, -0.1) is 0 Å². The lowest BCUT2D eigenvalue weighted by Gasteiger charge is -2.36. The molecule has 1 fully saturated rings. The largest absolute Gasteiger partial charge is 0.496 e. The Balaban J connectivity index is 1.47. The van der Waals surface area contributed by atoms with Crippen LogP contribution in [-0.2, 0) is 0 Å². The third kappa shape index (κ3) is 3.40. The molecule has 0 bridgehead atoms. The minimum Gasteiger partial charge on any atom is -0.496 e. The molecule has 0 saturated carbocycles. The summed E-state index contributed by atoms with van der Waals surface area (Å²) in [6, 6.07) is 11.4. The number of carbonyl (C=O) groups is 1. The summed E-state index contributed by atoms with van der Waals surface area (Å²) in [6.07, 6.45) is 0. The zero-order chi connectivity index (χ0) is 19.5. The van der Waals surface area contributed by atoms with Crippen molar-refractivity contribution in [3.63, 3.8) is 0 Å². The van der Waals surface area contributed by atoms with Gasteiger partial charge in [-0.2, -0.15) is 0 Å². The lowest BCUT2D eigenvalue weighted by atomic mass is 10.1. The summed E-state index contributed by atoms with van der Waals surface area (Å²) in [5.41, 5.74) is 1.55. The van der Waals surface area contributed by atoms with E-state index in [9.17, 15) is 4.79 Å². The zero-order valence-electron chi connectivity index (χ0n) is 16.1. The lowest BCUT2D eigenvalue weighted by molar-refractivity contribution is 0.0739. The van der Waals surface area contributed by atoms with Crippen molar-refractivity contribution in [1.29, 1.82) is 0 Å². The van der Waals surface area contributed by atoms with E-state index in [0.29, 0.717) is 43.4 Å². The fraction of sp³-hybridized carbons (Fsp3) is 0.381. The Bertz CT molecular complexity index is 840. The van der Waals surface area contributed by atoms with Crippen LogP contribution in [0.5, 0.6) is 23.0 Å². The number of ether oxygens (including phenoxy) is 4. The van der Waals surface area contributed by atoms with Crippen molar-refractivity contribution in [2.75, 3.05) is 58.5 Å². The summed E-state index contributed by atoms with van der Waals surface area (Å²) in [7, 11) is 3.12. The van der Waals surface area contributed by atoms with Crippen molar-refractivity contribution in [1.82, 2.24) is 4.90 Å². The molecule has 2 aromatic rings. The van der Waals surface area contributed by atoms with E-state index in [2.05, 4.69) is 4.90 Å². The maximum Gasteiger partial charge on any atom is 0.261 e. The molecule has 148 valence electrons. The Labute approximate surface area is 164 Å². The molecular formula is C21H24N2O5. The number of amides is 1. The lowest BCUT2D eigenvalue weighted by Crippen LogP contribution is -2.49. The fourth-order valence-electron chi connectivity index (χ4n) is 3.62. The molecule has 0 unspecified atom stereocenters. The second-order valence-electron chi connectivity index (χ2n) is 6.64. The topological polar surface area (TPSA) is 60.5 Å². The van der Waals surface area contributed by atoms with Crippen LogP contribution >= 0.6 is 0 Å². The van der Waals surface area contributed by atoms with Crippen molar-refractivity contribution in [2.45, 2.75) is 0 Å². The highest BCUT2D eigenvalue weighted by Gasteiger charge is 2.27. The number of benzene rings is 2. The van der Waals surface area contributed by atoms with E-state index in [-0.39, 0.29) is 5.91 Å². The molecule has 2 heterocycles. The van der Waals surface area contributed by atoms with E-state index < -0.39 is 0 Å². The summed E-state index contributed by atoms with van der Waals surface area (Å²) in [6.45, 7) is 3.87. The van der Waals surface area contributed by atoms with E-state index in [1.54, 1.807) is 26.4 Å². The van der Waals surface area contributed by atoms with E-state index in [1.165, 1.54) is 0 Å². The SMILES string of the molecule is COc1cccc(OC)c1C(=O)N1CCN(c2ccc3c(c2)OCCO3)CC1. The Morgan fingerprint density at radius 1 is 0.893 bits per heavy atom. The maximum absolute atomic E-state index is 13.1. The van der Waals surface area contributed by atoms with Gasteiger partial charge in [-0.1, -0.05) is 6.07 Å². The van der Waals surface area contributed by atoms with Crippen molar-refractivity contribution < 1.29 is 23.7 Å². The highest BCUT2D eigenvalue weighted by molar-refractivity contribution is 5.99. The van der Waals surface area contributed by atoms with Crippen LogP contribution in [0.4, 0.5) is 5.69 Å². The van der Waals surface area contributed by atoms with Crippen LogP contribution in [0.15, 0.2) is 36.4 Å². The number of piperazine rings is 1. The molecule has 1 saturated heterocycles. The van der Waals surface area contributed by atoms with Gasteiger partial charge in [0.1, 0.15) is 30.3 Å². The van der Waals surface area contributed by atoms with Gasteiger partial charge in [0.15, 0.2) is 11.5 Å². The smallest absolute Gasteiger partial charge is 0.261 e. The molecule has 0 aliphatic carbocycles. The summed E-state index contributed by atoms with van der Waals surface area (Å²) < 4.78 is 22.0. The Morgan fingerprint density at radius 3 is 2.18 bits per heavy atom. The van der Waals surface area contributed by atoms with Gasteiger partial charge in [-0.05, 0) is 24.3 Å². The second-order valence-corrected chi connectivity index (χ2v) is 6.64. The minimum atomic E-state index is -0.0730. The van der Waals surface area contributed by atoms with E-state index in [4.69, 9.17) is 18.9 Å². The Hall–Kier alpha value is -3.09. The average molecular weight is 384 g/mol. The van der Waals surface area contributed by atoms with Crippen molar-refractivity contribution in [2.24, 2.45) is 0 Å². The van der Waals surface area contributed by atoms with Crippen LogP contribution in [0, 0.1) is 0 Å². The highest BCUT2D eigenvalue weighted by atomic mass is 16.6. The van der Waals surface area contributed by atoms with Crippen molar-refractivity contribution in [3.8, 4) is 23.0 Å². The molecule has 28 heavy (non-hydrogen) atoms. The van der Waals surface area contributed by atoms with E-state index in [1.807, 2.05) is 29.2 Å². The number of fused-ring (bicyclic) bond motifs is 1. The van der Waals surface area contributed by atoms with E-state index >= 15 is 0 Å². The second kappa shape index (κ2) is 7.88. The summed E-state index contributed by atoms with van der Waals surface area (Å²) in [5.74, 6) is 2.54.